The van der Waals surface area contributed by atoms with E-state index < -0.39 is 0 Å². The van der Waals surface area contributed by atoms with Crippen LogP contribution < -0.4 is 5.32 Å². The van der Waals surface area contributed by atoms with Gasteiger partial charge < -0.3 is 10.4 Å². The molecule has 0 aliphatic carbocycles. The number of benzene rings is 1. The van der Waals surface area contributed by atoms with E-state index in [-0.39, 0.29) is 6.10 Å². The summed E-state index contributed by atoms with van der Waals surface area (Å²) < 4.78 is 0. The number of aryl methyl sites for hydroxylation is 2. The Morgan fingerprint density at radius 2 is 1.81 bits per heavy atom. The van der Waals surface area contributed by atoms with E-state index in [0.29, 0.717) is 0 Å². The number of hydrogen-bond acceptors (Lipinski definition) is 2. The Hall–Kier alpha value is -0.860. The van der Waals surface area contributed by atoms with E-state index in [2.05, 4.69) is 37.4 Å². The van der Waals surface area contributed by atoms with Gasteiger partial charge in [-0.25, -0.2) is 0 Å². The third-order valence-corrected chi connectivity index (χ3v) is 2.59. The molecule has 2 nitrogen and oxygen atoms in total. The van der Waals surface area contributed by atoms with Gasteiger partial charge >= 0.3 is 0 Å². The molecule has 0 aliphatic rings. The Kier molecular flexibility index (Phi) is 5.50. The molecule has 0 heterocycles. The first-order chi connectivity index (χ1) is 7.58. The highest BCUT2D eigenvalue weighted by atomic mass is 16.3. The van der Waals surface area contributed by atoms with Crippen molar-refractivity contribution in [3.63, 3.8) is 0 Å². The van der Waals surface area contributed by atoms with Crippen LogP contribution in [0.2, 0.25) is 0 Å². The fourth-order valence-electron chi connectivity index (χ4n) is 1.93. The minimum atomic E-state index is -0.178. The van der Waals surface area contributed by atoms with Crippen molar-refractivity contribution in [1.29, 1.82) is 0 Å². The average molecular weight is 221 g/mol. The van der Waals surface area contributed by atoms with Crippen LogP contribution in [0.3, 0.4) is 0 Å². The minimum Gasteiger partial charge on any atom is -0.393 e. The van der Waals surface area contributed by atoms with Crippen LogP contribution in [0.25, 0.3) is 0 Å². The molecule has 90 valence electrons. The number of hydrogen-bond donors (Lipinski definition) is 2. The lowest BCUT2D eigenvalue weighted by Gasteiger charge is -2.08. The van der Waals surface area contributed by atoms with Crippen molar-refractivity contribution >= 4 is 0 Å². The third-order valence-electron chi connectivity index (χ3n) is 2.59. The van der Waals surface area contributed by atoms with Crippen LogP contribution in [0.5, 0.6) is 0 Å². The van der Waals surface area contributed by atoms with Gasteiger partial charge in [-0.1, -0.05) is 29.3 Å². The maximum atomic E-state index is 9.11. The molecule has 16 heavy (non-hydrogen) atoms. The zero-order valence-electron chi connectivity index (χ0n) is 10.6. The lowest BCUT2D eigenvalue weighted by Crippen LogP contribution is -2.16. The van der Waals surface area contributed by atoms with Crippen molar-refractivity contribution in [2.24, 2.45) is 0 Å². The van der Waals surface area contributed by atoms with Gasteiger partial charge in [0.05, 0.1) is 6.10 Å². The molecular formula is C14H23NO. The molecular weight excluding hydrogens is 198 g/mol. The monoisotopic (exact) mass is 221 g/mol. The second-order valence-electron chi connectivity index (χ2n) is 4.66. The lowest BCUT2D eigenvalue weighted by molar-refractivity contribution is 0.181. The molecule has 0 saturated heterocycles. The number of aliphatic hydroxyl groups excluding tert-OH is 1. The molecule has 1 aromatic carbocycles. The summed E-state index contributed by atoms with van der Waals surface area (Å²) >= 11 is 0. The summed E-state index contributed by atoms with van der Waals surface area (Å²) in [6, 6.07) is 6.63. The maximum absolute atomic E-state index is 9.11. The Morgan fingerprint density at radius 1 is 1.19 bits per heavy atom. The molecule has 0 saturated carbocycles. The summed E-state index contributed by atoms with van der Waals surface area (Å²) in [6.45, 7) is 7.98. The van der Waals surface area contributed by atoms with Crippen LogP contribution in [-0.4, -0.2) is 17.8 Å². The van der Waals surface area contributed by atoms with E-state index in [1.54, 1.807) is 0 Å². The van der Waals surface area contributed by atoms with E-state index in [1.807, 2.05) is 6.92 Å². The Bertz CT molecular complexity index is 300. The lowest BCUT2D eigenvalue weighted by atomic mass is 10.1. The first-order valence-corrected chi connectivity index (χ1v) is 6.04. The van der Waals surface area contributed by atoms with Crippen LogP contribution in [0.15, 0.2) is 18.2 Å². The van der Waals surface area contributed by atoms with E-state index in [4.69, 9.17) is 5.11 Å². The molecule has 0 fully saturated rings. The second-order valence-corrected chi connectivity index (χ2v) is 4.66. The number of aliphatic hydroxyl groups is 1. The summed E-state index contributed by atoms with van der Waals surface area (Å²) in [4.78, 5) is 0. The molecule has 1 rings (SSSR count). The molecule has 1 atom stereocenters. The van der Waals surface area contributed by atoms with Gasteiger partial charge in [0, 0.05) is 6.54 Å². The highest BCUT2D eigenvalue weighted by Gasteiger charge is 1.97. The summed E-state index contributed by atoms with van der Waals surface area (Å²) in [5.74, 6) is 0. The minimum absolute atomic E-state index is 0.178. The second kappa shape index (κ2) is 6.66. The fourth-order valence-corrected chi connectivity index (χ4v) is 1.93. The van der Waals surface area contributed by atoms with Crippen molar-refractivity contribution < 1.29 is 5.11 Å². The Balaban J connectivity index is 2.26. The van der Waals surface area contributed by atoms with Gasteiger partial charge in [-0.2, -0.15) is 0 Å². The molecule has 0 aliphatic heterocycles. The molecule has 0 aromatic heterocycles. The van der Waals surface area contributed by atoms with E-state index in [9.17, 15) is 0 Å². The first kappa shape index (κ1) is 13.2. The van der Waals surface area contributed by atoms with Gasteiger partial charge in [0.25, 0.3) is 0 Å². The average Bonchev–Trinajstić information content (AvgIpc) is 2.15. The summed E-state index contributed by atoms with van der Waals surface area (Å²) in [5.41, 5.74) is 3.98. The zero-order chi connectivity index (χ0) is 12.0. The predicted octanol–water partition coefficient (Wildman–Crippen LogP) is 2.55. The van der Waals surface area contributed by atoms with Gasteiger partial charge in [-0.3, -0.25) is 0 Å². The SMILES string of the molecule is Cc1cc(C)cc(CNCCCC(C)O)c1. The normalized spacial score (nSPS) is 12.8. The van der Waals surface area contributed by atoms with Crippen LogP contribution in [0, 0.1) is 13.8 Å². The smallest absolute Gasteiger partial charge is 0.0512 e. The van der Waals surface area contributed by atoms with Gasteiger partial charge in [0.15, 0.2) is 0 Å². The molecule has 2 heteroatoms. The van der Waals surface area contributed by atoms with Crippen LogP contribution >= 0.6 is 0 Å². The van der Waals surface area contributed by atoms with Crippen molar-refractivity contribution in [2.75, 3.05) is 6.54 Å². The summed E-state index contributed by atoms with van der Waals surface area (Å²) in [6.07, 6.45) is 1.73. The first-order valence-electron chi connectivity index (χ1n) is 6.04. The number of rotatable bonds is 6. The Labute approximate surface area is 98.7 Å². The Morgan fingerprint density at radius 3 is 2.38 bits per heavy atom. The van der Waals surface area contributed by atoms with Crippen molar-refractivity contribution in [1.82, 2.24) is 5.32 Å². The van der Waals surface area contributed by atoms with Gasteiger partial charge in [-0.15, -0.1) is 0 Å². The molecule has 2 N–H and O–H groups in total. The van der Waals surface area contributed by atoms with Crippen molar-refractivity contribution in [3.05, 3.63) is 34.9 Å². The standard InChI is InChI=1S/C14H23NO/c1-11-7-12(2)9-14(8-11)10-15-6-4-5-13(3)16/h7-9,13,15-16H,4-6,10H2,1-3H3. The quantitative estimate of drug-likeness (QED) is 0.724. The zero-order valence-corrected chi connectivity index (χ0v) is 10.6. The molecule has 0 spiro atoms. The highest BCUT2D eigenvalue weighted by Crippen LogP contribution is 2.08. The summed E-state index contributed by atoms with van der Waals surface area (Å²) in [5, 5.41) is 12.5. The van der Waals surface area contributed by atoms with Crippen molar-refractivity contribution in [2.45, 2.75) is 46.3 Å². The van der Waals surface area contributed by atoms with E-state index >= 15 is 0 Å². The molecule has 0 radical (unpaired) electrons. The third kappa shape index (κ3) is 5.29. The van der Waals surface area contributed by atoms with Gasteiger partial charge in [0.1, 0.15) is 0 Å². The largest absolute Gasteiger partial charge is 0.393 e. The summed E-state index contributed by atoms with van der Waals surface area (Å²) in [7, 11) is 0. The van der Waals surface area contributed by atoms with Gasteiger partial charge in [0.2, 0.25) is 0 Å². The van der Waals surface area contributed by atoms with Gasteiger partial charge in [-0.05, 0) is 45.7 Å². The molecule has 0 amide bonds. The fraction of sp³-hybridized carbons (Fsp3) is 0.571. The maximum Gasteiger partial charge on any atom is 0.0512 e. The van der Waals surface area contributed by atoms with Crippen molar-refractivity contribution in [3.8, 4) is 0 Å². The van der Waals surface area contributed by atoms with Crippen LogP contribution in [0.1, 0.15) is 36.5 Å². The van der Waals surface area contributed by atoms with Crippen LogP contribution in [-0.2, 0) is 6.54 Å². The topological polar surface area (TPSA) is 32.3 Å². The van der Waals surface area contributed by atoms with Crippen LogP contribution in [0.4, 0.5) is 0 Å². The van der Waals surface area contributed by atoms with E-state index in [1.165, 1.54) is 16.7 Å². The molecule has 0 bridgehead atoms. The predicted molar refractivity (Wildman–Crippen MR) is 68.5 cm³/mol. The number of nitrogens with one attached hydrogen (secondary N) is 1. The van der Waals surface area contributed by atoms with E-state index in [0.717, 1.165) is 25.9 Å². The highest BCUT2D eigenvalue weighted by molar-refractivity contribution is 5.28. The molecule has 1 aromatic rings. The molecule has 1 unspecified atom stereocenters.